The fourth-order valence-electron chi connectivity index (χ4n) is 5.49. The van der Waals surface area contributed by atoms with Gasteiger partial charge in [0.25, 0.3) is 0 Å². The lowest BCUT2D eigenvalue weighted by Gasteiger charge is -2.31. The molecule has 0 amide bonds. The average Bonchev–Trinajstić information content (AvgIpc) is 3.62. The molecule has 1 heterocycles. The number of cyclic esters (lactones) is 2. The van der Waals surface area contributed by atoms with Crippen LogP contribution in [0.15, 0.2) is 64.4 Å². The van der Waals surface area contributed by atoms with Crippen LogP contribution in [-0.4, -0.2) is 108 Å². The van der Waals surface area contributed by atoms with Gasteiger partial charge in [-0.05, 0) is 106 Å². The molecule has 2 aromatic carbocycles. The van der Waals surface area contributed by atoms with Crippen molar-refractivity contribution in [2.75, 3.05) is 33.0 Å². The van der Waals surface area contributed by atoms with Gasteiger partial charge in [0.2, 0.25) is 0 Å². The highest BCUT2D eigenvalue weighted by Crippen LogP contribution is 2.76. The van der Waals surface area contributed by atoms with E-state index in [1.165, 1.54) is 6.92 Å². The third-order valence-electron chi connectivity index (χ3n) is 8.40. The van der Waals surface area contributed by atoms with Crippen LogP contribution in [0.25, 0.3) is 0 Å². The maximum absolute atomic E-state index is 11.3. The summed E-state index contributed by atoms with van der Waals surface area (Å²) in [5.41, 5.74) is 1.86. The van der Waals surface area contributed by atoms with Crippen molar-refractivity contribution in [3.8, 4) is 11.5 Å². The lowest BCUT2D eigenvalue weighted by molar-refractivity contribution is -0.153. The van der Waals surface area contributed by atoms with E-state index in [4.69, 9.17) is 99.5 Å². The minimum atomic E-state index is -2.18. The van der Waals surface area contributed by atoms with E-state index in [1.54, 1.807) is 0 Å². The molecule has 23 heteroatoms. The molecular weight excluding hydrogens is 1160 g/mol. The Morgan fingerprint density at radius 2 is 1.03 bits per heavy atom. The number of ether oxygens (including phenoxy) is 3. The molecule has 2 aliphatic carbocycles. The van der Waals surface area contributed by atoms with Gasteiger partial charge in [0, 0.05) is 17.6 Å². The van der Waals surface area contributed by atoms with Gasteiger partial charge in [-0.2, -0.15) is 0 Å². The maximum Gasteiger partial charge on any atom is 0.338 e. The molecule has 1 aliphatic heterocycles. The Morgan fingerprint density at radius 3 is 1.24 bits per heavy atom. The molecular formula is C35H34Br4Cl6O13. The molecule has 0 aromatic heterocycles. The topological polar surface area (TPSA) is 217 Å². The quantitative estimate of drug-likeness (QED) is 0.0715. The zero-order valence-corrected chi connectivity index (χ0v) is 40.9. The molecule has 58 heavy (non-hydrogen) atoms. The molecule has 1 fully saturated rings. The zero-order chi connectivity index (χ0) is 44.7. The first-order chi connectivity index (χ1) is 26.7. The van der Waals surface area contributed by atoms with Gasteiger partial charge in [0.1, 0.15) is 34.5 Å². The van der Waals surface area contributed by atoms with E-state index >= 15 is 0 Å². The van der Waals surface area contributed by atoms with Crippen LogP contribution in [0.3, 0.4) is 0 Å². The number of rotatable bonds is 11. The minimum Gasteiger partial charge on any atom is -0.489 e. The van der Waals surface area contributed by atoms with Gasteiger partial charge in [0.15, 0.2) is 4.33 Å². The smallest absolute Gasteiger partial charge is 0.338 e. The summed E-state index contributed by atoms with van der Waals surface area (Å²) in [6, 6.07) is 8.09. The molecule has 2 aromatic rings. The van der Waals surface area contributed by atoms with E-state index in [0.717, 1.165) is 41.2 Å². The molecule has 5 rings (SSSR count). The first-order valence-corrected chi connectivity index (χ1v) is 21.6. The third-order valence-corrected chi connectivity index (χ3v) is 15.0. The second kappa shape index (κ2) is 21.9. The molecule has 13 nitrogen and oxygen atoms in total. The fourth-order valence-corrected chi connectivity index (χ4v) is 11.3. The summed E-state index contributed by atoms with van der Waals surface area (Å²) in [5, 5.41) is 51.7. The van der Waals surface area contributed by atoms with Crippen molar-refractivity contribution in [3.63, 3.8) is 0 Å². The first kappa shape index (κ1) is 53.2. The van der Waals surface area contributed by atoms with E-state index in [2.05, 4.69) is 82.3 Å². The molecule has 0 saturated heterocycles. The largest absolute Gasteiger partial charge is 0.489 e. The summed E-state index contributed by atoms with van der Waals surface area (Å²) in [6.07, 6.45) is 1.61. The van der Waals surface area contributed by atoms with Crippen LogP contribution in [0.1, 0.15) is 31.9 Å². The molecule has 1 saturated carbocycles. The molecule has 0 spiro atoms. The van der Waals surface area contributed by atoms with Crippen molar-refractivity contribution in [2.24, 2.45) is 11.8 Å². The summed E-state index contributed by atoms with van der Waals surface area (Å²) in [4.78, 5) is 38.3. The number of carbonyl (C=O) groups excluding carboxylic acids is 2. The second-order valence-electron chi connectivity index (χ2n) is 12.7. The Morgan fingerprint density at radius 1 is 0.741 bits per heavy atom. The highest BCUT2D eigenvalue weighted by molar-refractivity contribution is 9.11. The van der Waals surface area contributed by atoms with Crippen LogP contribution < -0.4 is 9.47 Å². The number of carboxylic acid groups (broad SMARTS) is 2. The number of carbonyl (C=O) groups is 4. The fraction of sp³-hybridized carbons (Fsp3) is 0.429. The van der Waals surface area contributed by atoms with Gasteiger partial charge in [-0.25, -0.2) is 9.59 Å². The Kier molecular flexibility index (Phi) is 20.1. The van der Waals surface area contributed by atoms with E-state index in [1.807, 2.05) is 24.3 Å². The molecule has 5 atom stereocenters. The van der Waals surface area contributed by atoms with Crippen LogP contribution >= 0.6 is 133 Å². The molecule has 3 aliphatic rings. The van der Waals surface area contributed by atoms with Gasteiger partial charge in [-0.3, -0.25) is 9.59 Å². The van der Waals surface area contributed by atoms with E-state index < -0.39 is 55.9 Å². The number of benzene rings is 2. The Labute approximate surface area is 396 Å². The number of carboxylic acids is 2. The number of aliphatic hydroxyl groups excluding tert-OH is 4. The van der Waals surface area contributed by atoms with Crippen molar-refractivity contribution >= 4 is 157 Å². The number of fused-ring (bicyclic) bond motifs is 2. The highest BCUT2D eigenvalue weighted by Gasteiger charge is 2.85. The Bertz CT molecular complexity index is 1780. The summed E-state index contributed by atoms with van der Waals surface area (Å²) >= 11 is 50.4. The number of esters is 2. The van der Waals surface area contributed by atoms with E-state index in [0.29, 0.717) is 11.5 Å². The normalized spacial score (nSPS) is 23.1. The molecule has 322 valence electrons. The van der Waals surface area contributed by atoms with Crippen molar-refractivity contribution in [1.29, 1.82) is 0 Å². The number of allylic oxidation sites excluding steroid dienone is 2. The number of aliphatic carboxylic acids is 2. The van der Waals surface area contributed by atoms with Gasteiger partial charge < -0.3 is 44.8 Å². The van der Waals surface area contributed by atoms with Crippen molar-refractivity contribution in [1.82, 2.24) is 0 Å². The molecule has 5 unspecified atom stereocenters. The third kappa shape index (κ3) is 11.2. The number of halogens is 10. The number of alkyl halides is 4. The summed E-state index contributed by atoms with van der Waals surface area (Å²) in [5.74, 6) is -6.31. The van der Waals surface area contributed by atoms with Crippen molar-refractivity contribution in [2.45, 2.75) is 46.4 Å². The number of hydrogen-bond donors (Lipinski definition) is 6. The summed E-state index contributed by atoms with van der Waals surface area (Å²) < 4.78 is 16.2. The Hall–Kier alpha value is -0.900. The van der Waals surface area contributed by atoms with Gasteiger partial charge in [0.05, 0.1) is 65.7 Å². The van der Waals surface area contributed by atoms with Crippen molar-refractivity contribution in [3.05, 3.63) is 75.5 Å². The van der Waals surface area contributed by atoms with Crippen LogP contribution in [0.4, 0.5) is 0 Å². The molecule has 2 bridgehead atoms. The van der Waals surface area contributed by atoms with Crippen molar-refractivity contribution < 1.29 is 64.0 Å². The molecule has 0 radical (unpaired) electrons. The first-order valence-electron chi connectivity index (χ1n) is 16.2. The highest BCUT2D eigenvalue weighted by atomic mass is 79.9. The zero-order valence-electron chi connectivity index (χ0n) is 30.1. The lowest BCUT2D eigenvalue weighted by Crippen LogP contribution is -2.45. The monoisotopic (exact) mass is 1190 g/mol. The van der Waals surface area contributed by atoms with Crippen LogP contribution in [0.5, 0.6) is 11.5 Å². The predicted octanol–water partition coefficient (Wildman–Crippen LogP) is 8.02. The average molecular weight is 1190 g/mol. The number of aliphatic hydroxyl groups is 4. The number of hydrogen-bond acceptors (Lipinski definition) is 11. The van der Waals surface area contributed by atoms with Crippen LogP contribution in [-0.2, 0) is 29.3 Å². The Balaban J connectivity index is 0.000000320. The van der Waals surface area contributed by atoms with E-state index in [9.17, 15) is 29.4 Å². The van der Waals surface area contributed by atoms with Gasteiger partial charge in [-0.1, -0.05) is 60.3 Å². The summed E-state index contributed by atoms with van der Waals surface area (Å²) in [6.45, 7) is 6.04. The second-order valence-corrected chi connectivity index (χ2v) is 19.4. The maximum atomic E-state index is 11.3. The summed E-state index contributed by atoms with van der Waals surface area (Å²) in [7, 11) is 0. The van der Waals surface area contributed by atoms with E-state index in [-0.39, 0.29) is 48.5 Å². The predicted molar refractivity (Wildman–Crippen MR) is 233 cm³/mol. The lowest BCUT2D eigenvalue weighted by atomic mass is 9.78. The van der Waals surface area contributed by atoms with Crippen LogP contribution in [0.2, 0.25) is 0 Å². The van der Waals surface area contributed by atoms with Gasteiger partial charge >= 0.3 is 23.9 Å². The molecule has 6 N–H and O–H groups in total. The SMILES string of the molecule is CC(C)(c1cc(Br)c(OCCO)c(Br)c1)c1cc(Br)c(OCCO)c(Br)c1.CC(O)CO.O=C(O)C1C(C(=O)O)C2(Cl)C(Cl)=C(Cl)C1(Cl)C2(Cl)Cl.O=C1C=CC(=O)O1. The van der Waals surface area contributed by atoms with Gasteiger partial charge in [-0.15, -0.1) is 23.2 Å². The minimum absolute atomic E-state index is 0.0428. The van der Waals surface area contributed by atoms with Crippen LogP contribution in [0, 0.1) is 11.8 Å². The standard InChI is InChI=1S/C19H20Br4O4.C9H4Cl6O4.C4H2O3.C3H8O2/c1-19(2,11-7-13(20)17(14(21)8-11)26-5-3-24)12-9-15(22)18(16(23)10-12)27-6-4-25;10-3-4(11)8(13)2(6(18)19)1(5(16)17)7(3,12)9(8,14)15;5-3-1-2-4(6)7-3;1-3(5)2-4/h7-10,24-25H,3-6H2,1-2H3;1-2H,(H,16,17)(H,18,19);1-2H;3-5H,2H2,1H3.